The number of rotatable bonds is 6. The summed E-state index contributed by atoms with van der Waals surface area (Å²) in [5.41, 5.74) is 6.35. The van der Waals surface area contributed by atoms with E-state index in [4.69, 9.17) is 5.73 Å². The van der Waals surface area contributed by atoms with E-state index in [0.29, 0.717) is 5.92 Å². The Morgan fingerprint density at radius 1 is 1.40 bits per heavy atom. The zero-order valence-electron chi connectivity index (χ0n) is 11.1. The quantitative estimate of drug-likeness (QED) is 0.686. The van der Waals surface area contributed by atoms with Crippen LogP contribution in [0.25, 0.3) is 0 Å². The molecule has 2 unspecified atom stereocenters. The van der Waals surface area contributed by atoms with Crippen LogP contribution in [0.2, 0.25) is 0 Å². The van der Waals surface area contributed by atoms with Crippen LogP contribution in [-0.2, 0) is 0 Å². The maximum absolute atomic E-state index is 6.18. The van der Waals surface area contributed by atoms with E-state index in [1.165, 1.54) is 0 Å². The number of nitrogens with two attached hydrogens (primary N) is 1. The van der Waals surface area contributed by atoms with Gasteiger partial charge >= 0.3 is 0 Å². The maximum Gasteiger partial charge on any atom is 0.0194 e. The van der Waals surface area contributed by atoms with Crippen LogP contribution in [0.1, 0.15) is 41.0 Å². The first-order valence-corrected chi connectivity index (χ1v) is 5.94. The van der Waals surface area contributed by atoms with Gasteiger partial charge in [0, 0.05) is 24.7 Å². The zero-order chi connectivity index (χ0) is 12.1. The van der Waals surface area contributed by atoms with Gasteiger partial charge in [-0.25, -0.2) is 0 Å². The first-order chi connectivity index (χ1) is 6.82. The first-order valence-electron chi connectivity index (χ1n) is 5.94. The van der Waals surface area contributed by atoms with Gasteiger partial charge in [-0.3, -0.25) is 4.90 Å². The molecule has 0 aliphatic rings. The molecule has 0 amide bonds. The van der Waals surface area contributed by atoms with Crippen molar-refractivity contribution < 1.29 is 0 Å². The van der Waals surface area contributed by atoms with Gasteiger partial charge in [0.1, 0.15) is 0 Å². The van der Waals surface area contributed by atoms with Crippen LogP contribution in [0.5, 0.6) is 0 Å². The van der Waals surface area contributed by atoms with E-state index < -0.39 is 0 Å². The van der Waals surface area contributed by atoms with Crippen molar-refractivity contribution in [3.63, 3.8) is 0 Å². The van der Waals surface area contributed by atoms with E-state index in [1.807, 2.05) is 6.08 Å². The average Bonchev–Trinajstić information content (AvgIpc) is 2.14. The van der Waals surface area contributed by atoms with Crippen molar-refractivity contribution in [3.8, 4) is 0 Å². The van der Waals surface area contributed by atoms with Gasteiger partial charge in [-0.1, -0.05) is 26.3 Å². The van der Waals surface area contributed by atoms with Crippen molar-refractivity contribution in [1.82, 2.24) is 4.90 Å². The van der Waals surface area contributed by atoms with Crippen molar-refractivity contribution >= 4 is 0 Å². The molecule has 0 fully saturated rings. The molecule has 15 heavy (non-hydrogen) atoms. The molecular formula is C13H28N2. The Hall–Kier alpha value is -0.340. The van der Waals surface area contributed by atoms with E-state index in [0.717, 1.165) is 19.5 Å². The molecule has 0 radical (unpaired) electrons. The summed E-state index contributed by atoms with van der Waals surface area (Å²) in [5, 5.41) is 0. The van der Waals surface area contributed by atoms with Gasteiger partial charge in [-0.2, -0.15) is 0 Å². The molecular weight excluding hydrogens is 184 g/mol. The summed E-state index contributed by atoms with van der Waals surface area (Å²) >= 11 is 0. The Balaban J connectivity index is 4.34. The van der Waals surface area contributed by atoms with Crippen molar-refractivity contribution in [1.29, 1.82) is 0 Å². The van der Waals surface area contributed by atoms with Gasteiger partial charge in [0.15, 0.2) is 0 Å². The molecule has 0 aromatic rings. The standard InChI is InChI=1S/C13H28N2/c1-7-9-15(13(4,5)6)10-12(14)11(3)8-2/h7,11-12H,1,8-10,14H2,2-6H3. The van der Waals surface area contributed by atoms with Gasteiger partial charge in [-0.05, 0) is 26.7 Å². The van der Waals surface area contributed by atoms with Gasteiger partial charge in [0.25, 0.3) is 0 Å². The summed E-state index contributed by atoms with van der Waals surface area (Å²) in [4.78, 5) is 2.39. The molecule has 2 nitrogen and oxygen atoms in total. The minimum absolute atomic E-state index is 0.166. The van der Waals surface area contributed by atoms with Gasteiger partial charge in [0.2, 0.25) is 0 Å². The van der Waals surface area contributed by atoms with Crippen LogP contribution >= 0.6 is 0 Å². The largest absolute Gasteiger partial charge is 0.326 e. The lowest BCUT2D eigenvalue weighted by atomic mass is 9.97. The van der Waals surface area contributed by atoms with Crippen LogP contribution in [0.3, 0.4) is 0 Å². The lowest BCUT2D eigenvalue weighted by Gasteiger charge is -2.37. The van der Waals surface area contributed by atoms with E-state index in [1.54, 1.807) is 0 Å². The SMILES string of the molecule is C=CCN(CC(N)C(C)CC)C(C)(C)C. The molecule has 0 saturated heterocycles. The summed E-state index contributed by atoms with van der Waals surface area (Å²) < 4.78 is 0. The summed E-state index contributed by atoms with van der Waals surface area (Å²) in [6, 6.07) is 0.258. The molecule has 90 valence electrons. The van der Waals surface area contributed by atoms with Crippen LogP contribution in [0, 0.1) is 5.92 Å². The second-order valence-corrected chi connectivity index (χ2v) is 5.41. The molecule has 0 saturated carbocycles. The molecule has 2 atom stereocenters. The van der Waals surface area contributed by atoms with Crippen LogP contribution < -0.4 is 5.73 Å². The van der Waals surface area contributed by atoms with Gasteiger partial charge in [0.05, 0.1) is 0 Å². The average molecular weight is 212 g/mol. The Kier molecular flexibility index (Phi) is 6.15. The third-order valence-corrected chi connectivity index (χ3v) is 3.10. The monoisotopic (exact) mass is 212 g/mol. The van der Waals surface area contributed by atoms with E-state index in [9.17, 15) is 0 Å². The van der Waals surface area contributed by atoms with Crippen molar-refractivity contribution in [2.45, 2.75) is 52.6 Å². The third-order valence-electron chi connectivity index (χ3n) is 3.10. The molecule has 0 aliphatic heterocycles. The Bertz CT molecular complexity index is 181. The lowest BCUT2D eigenvalue weighted by Crippen LogP contribution is -2.49. The third kappa shape index (κ3) is 5.33. The topological polar surface area (TPSA) is 29.3 Å². The molecule has 0 aliphatic carbocycles. The van der Waals surface area contributed by atoms with Gasteiger partial charge in [-0.15, -0.1) is 6.58 Å². The maximum atomic E-state index is 6.18. The molecule has 2 N–H and O–H groups in total. The van der Waals surface area contributed by atoms with Crippen LogP contribution in [-0.4, -0.2) is 29.6 Å². The first kappa shape index (κ1) is 14.7. The van der Waals surface area contributed by atoms with E-state index in [-0.39, 0.29) is 11.6 Å². The summed E-state index contributed by atoms with van der Waals surface area (Å²) in [6.07, 6.45) is 3.10. The predicted molar refractivity (Wildman–Crippen MR) is 69.0 cm³/mol. The zero-order valence-corrected chi connectivity index (χ0v) is 11.1. The van der Waals surface area contributed by atoms with Crippen molar-refractivity contribution in [3.05, 3.63) is 12.7 Å². The molecule has 2 heteroatoms. The second kappa shape index (κ2) is 6.29. The lowest BCUT2D eigenvalue weighted by molar-refractivity contribution is 0.133. The van der Waals surface area contributed by atoms with E-state index in [2.05, 4.69) is 46.1 Å². The summed E-state index contributed by atoms with van der Waals surface area (Å²) in [7, 11) is 0. The second-order valence-electron chi connectivity index (χ2n) is 5.41. The Morgan fingerprint density at radius 2 is 1.93 bits per heavy atom. The summed E-state index contributed by atoms with van der Waals surface area (Å²) in [5.74, 6) is 0.583. The molecule has 0 aromatic heterocycles. The predicted octanol–water partition coefficient (Wildman–Crippen LogP) is 2.65. The normalized spacial score (nSPS) is 16.5. The van der Waals surface area contributed by atoms with E-state index >= 15 is 0 Å². The minimum Gasteiger partial charge on any atom is -0.326 e. The molecule has 0 rings (SSSR count). The molecule has 0 heterocycles. The molecule has 0 bridgehead atoms. The van der Waals surface area contributed by atoms with Crippen LogP contribution in [0.15, 0.2) is 12.7 Å². The summed E-state index contributed by atoms with van der Waals surface area (Å²) in [6.45, 7) is 16.7. The fourth-order valence-corrected chi connectivity index (χ4v) is 1.52. The van der Waals surface area contributed by atoms with Crippen molar-refractivity contribution in [2.24, 2.45) is 11.7 Å². The number of hydrogen-bond donors (Lipinski definition) is 1. The molecule has 0 aromatic carbocycles. The Morgan fingerprint density at radius 3 is 2.27 bits per heavy atom. The molecule has 0 spiro atoms. The smallest absolute Gasteiger partial charge is 0.0194 e. The fraction of sp³-hybridized carbons (Fsp3) is 0.846. The minimum atomic E-state index is 0.166. The van der Waals surface area contributed by atoms with Crippen LogP contribution in [0.4, 0.5) is 0 Å². The van der Waals surface area contributed by atoms with Crippen molar-refractivity contribution in [2.75, 3.05) is 13.1 Å². The fourth-order valence-electron chi connectivity index (χ4n) is 1.52. The number of hydrogen-bond acceptors (Lipinski definition) is 2. The number of nitrogens with zero attached hydrogens (tertiary/aromatic N) is 1. The highest BCUT2D eigenvalue weighted by Crippen LogP contribution is 2.16. The Labute approximate surface area is 95.5 Å². The van der Waals surface area contributed by atoms with Gasteiger partial charge < -0.3 is 5.73 Å². The highest BCUT2D eigenvalue weighted by Gasteiger charge is 2.23. The highest BCUT2D eigenvalue weighted by molar-refractivity contribution is 4.86. The highest BCUT2D eigenvalue weighted by atomic mass is 15.2.